The van der Waals surface area contributed by atoms with Crippen molar-refractivity contribution in [3.63, 3.8) is 0 Å². The summed E-state index contributed by atoms with van der Waals surface area (Å²) in [5.41, 5.74) is 0. The summed E-state index contributed by atoms with van der Waals surface area (Å²) in [5.74, 6) is 2.53. The smallest absolute Gasteiger partial charge is 0.223 e. The Labute approximate surface area is 122 Å². The van der Waals surface area contributed by atoms with Crippen molar-refractivity contribution in [2.24, 2.45) is 0 Å². The van der Waals surface area contributed by atoms with Crippen LogP contribution in [0.25, 0.3) is 0 Å². The van der Waals surface area contributed by atoms with Gasteiger partial charge >= 0.3 is 0 Å². The molecule has 0 fully saturated rings. The van der Waals surface area contributed by atoms with E-state index in [1.807, 2.05) is 16.7 Å². The molecule has 0 aromatic heterocycles. The van der Waals surface area contributed by atoms with Crippen LogP contribution < -0.4 is 0 Å². The molecule has 0 saturated heterocycles. The van der Waals surface area contributed by atoms with Crippen molar-refractivity contribution in [3.8, 4) is 0 Å². The van der Waals surface area contributed by atoms with E-state index in [0.717, 1.165) is 43.9 Å². The van der Waals surface area contributed by atoms with Gasteiger partial charge in [0.15, 0.2) is 0 Å². The number of hydrogen-bond donors (Lipinski definition) is 0. The van der Waals surface area contributed by atoms with E-state index < -0.39 is 0 Å². The zero-order valence-electron chi connectivity index (χ0n) is 12.7. The standard InChI is InChI=1S/C15H29NO2S/c1-4-11-16(12-5-2)15(18)10-9-14(17)8-7-13-19-6-3/h4-13H2,1-3H3. The lowest BCUT2D eigenvalue weighted by Gasteiger charge is -2.21. The minimum absolute atomic E-state index is 0.139. The molecule has 0 aromatic carbocycles. The quantitative estimate of drug-likeness (QED) is 0.515. The molecule has 0 N–H and O–H groups in total. The Bertz CT molecular complexity index is 251. The van der Waals surface area contributed by atoms with E-state index in [4.69, 9.17) is 0 Å². The maximum absolute atomic E-state index is 12.0. The molecule has 0 radical (unpaired) electrons. The molecule has 0 bridgehead atoms. The van der Waals surface area contributed by atoms with Crippen molar-refractivity contribution in [1.82, 2.24) is 4.90 Å². The Morgan fingerprint density at radius 1 is 0.947 bits per heavy atom. The number of carbonyl (C=O) groups is 2. The third-order valence-corrected chi connectivity index (χ3v) is 3.89. The second kappa shape index (κ2) is 12.5. The highest BCUT2D eigenvalue weighted by Gasteiger charge is 2.13. The predicted octanol–water partition coefficient (Wildman–Crippen LogP) is 3.52. The molecule has 0 heterocycles. The number of rotatable bonds is 12. The molecule has 0 unspecified atom stereocenters. The summed E-state index contributed by atoms with van der Waals surface area (Å²) >= 11 is 1.87. The highest BCUT2D eigenvalue weighted by molar-refractivity contribution is 7.99. The fraction of sp³-hybridized carbons (Fsp3) is 0.867. The van der Waals surface area contributed by atoms with E-state index in [-0.39, 0.29) is 11.7 Å². The molecule has 0 aliphatic heterocycles. The number of nitrogens with zero attached hydrogens (tertiary/aromatic N) is 1. The lowest BCUT2D eigenvalue weighted by molar-refractivity contribution is -0.133. The van der Waals surface area contributed by atoms with E-state index in [0.29, 0.717) is 19.3 Å². The molecular weight excluding hydrogens is 258 g/mol. The highest BCUT2D eigenvalue weighted by atomic mass is 32.2. The van der Waals surface area contributed by atoms with Crippen LogP contribution in [0.3, 0.4) is 0 Å². The van der Waals surface area contributed by atoms with Gasteiger partial charge < -0.3 is 4.90 Å². The van der Waals surface area contributed by atoms with Crippen molar-refractivity contribution >= 4 is 23.5 Å². The van der Waals surface area contributed by atoms with E-state index in [1.165, 1.54) is 0 Å². The average molecular weight is 287 g/mol. The van der Waals surface area contributed by atoms with Crippen molar-refractivity contribution in [1.29, 1.82) is 0 Å². The monoisotopic (exact) mass is 287 g/mol. The fourth-order valence-electron chi connectivity index (χ4n) is 1.95. The maximum Gasteiger partial charge on any atom is 0.223 e. The number of Topliss-reactive ketones (excluding diaryl/α,β-unsaturated/α-hetero) is 1. The van der Waals surface area contributed by atoms with Crippen LogP contribution in [-0.4, -0.2) is 41.2 Å². The highest BCUT2D eigenvalue weighted by Crippen LogP contribution is 2.07. The molecule has 0 aliphatic carbocycles. The molecule has 0 atom stereocenters. The fourth-order valence-corrected chi connectivity index (χ4v) is 2.58. The van der Waals surface area contributed by atoms with E-state index in [9.17, 15) is 9.59 Å². The van der Waals surface area contributed by atoms with Crippen LogP contribution in [0.5, 0.6) is 0 Å². The average Bonchev–Trinajstić information content (AvgIpc) is 2.40. The van der Waals surface area contributed by atoms with E-state index in [1.54, 1.807) is 0 Å². The van der Waals surface area contributed by atoms with Gasteiger partial charge in [0.1, 0.15) is 5.78 Å². The molecule has 0 rings (SSSR count). The summed E-state index contributed by atoms with van der Waals surface area (Å²) in [5, 5.41) is 0. The SMILES string of the molecule is CCCN(CCC)C(=O)CCC(=O)CCCSCC. The van der Waals surface area contributed by atoms with Crippen LogP contribution in [0, 0.1) is 0 Å². The van der Waals surface area contributed by atoms with Crippen molar-refractivity contribution < 1.29 is 9.59 Å². The number of hydrogen-bond acceptors (Lipinski definition) is 3. The first-order valence-corrected chi connectivity index (χ1v) is 8.68. The van der Waals surface area contributed by atoms with E-state index >= 15 is 0 Å². The van der Waals surface area contributed by atoms with Crippen LogP contribution in [-0.2, 0) is 9.59 Å². The summed E-state index contributed by atoms with van der Waals surface area (Å²) in [6.07, 6.45) is 4.34. The first-order valence-electron chi connectivity index (χ1n) is 7.52. The Morgan fingerprint density at radius 2 is 1.58 bits per heavy atom. The number of carbonyl (C=O) groups excluding carboxylic acids is 2. The minimum Gasteiger partial charge on any atom is -0.343 e. The minimum atomic E-state index is 0.139. The van der Waals surface area contributed by atoms with Gasteiger partial charge in [0.05, 0.1) is 0 Å². The van der Waals surface area contributed by atoms with E-state index in [2.05, 4.69) is 20.8 Å². The van der Waals surface area contributed by atoms with Gasteiger partial charge in [0.2, 0.25) is 5.91 Å². The van der Waals surface area contributed by atoms with Gasteiger partial charge in [-0.2, -0.15) is 11.8 Å². The summed E-state index contributed by atoms with van der Waals surface area (Å²) in [4.78, 5) is 25.5. The number of amides is 1. The molecule has 112 valence electrons. The Hall–Kier alpha value is -0.510. The summed E-state index contributed by atoms with van der Waals surface area (Å²) in [6, 6.07) is 0. The topological polar surface area (TPSA) is 37.4 Å². The summed E-state index contributed by atoms with van der Waals surface area (Å²) in [7, 11) is 0. The lowest BCUT2D eigenvalue weighted by Crippen LogP contribution is -2.32. The normalized spacial score (nSPS) is 10.5. The van der Waals surface area contributed by atoms with Gasteiger partial charge in [0.25, 0.3) is 0 Å². The van der Waals surface area contributed by atoms with Gasteiger partial charge in [0, 0.05) is 32.4 Å². The van der Waals surface area contributed by atoms with Crippen LogP contribution in [0.2, 0.25) is 0 Å². The largest absolute Gasteiger partial charge is 0.343 e. The second-order valence-electron chi connectivity index (χ2n) is 4.72. The van der Waals surface area contributed by atoms with Crippen molar-refractivity contribution in [3.05, 3.63) is 0 Å². The molecule has 0 aliphatic rings. The molecule has 0 saturated carbocycles. The third-order valence-electron chi connectivity index (χ3n) is 2.91. The Kier molecular flexibility index (Phi) is 12.2. The molecule has 3 nitrogen and oxygen atoms in total. The molecular formula is C15H29NO2S. The van der Waals surface area contributed by atoms with Gasteiger partial charge in [-0.05, 0) is 30.8 Å². The van der Waals surface area contributed by atoms with Crippen LogP contribution in [0.15, 0.2) is 0 Å². The van der Waals surface area contributed by atoms with Gasteiger partial charge in [-0.3, -0.25) is 9.59 Å². The molecule has 1 amide bonds. The Balaban J connectivity index is 3.82. The second-order valence-corrected chi connectivity index (χ2v) is 6.11. The van der Waals surface area contributed by atoms with Crippen LogP contribution in [0.4, 0.5) is 0 Å². The number of ketones is 1. The summed E-state index contributed by atoms with van der Waals surface area (Å²) in [6.45, 7) is 7.90. The zero-order valence-corrected chi connectivity index (χ0v) is 13.6. The molecule has 19 heavy (non-hydrogen) atoms. The molecule has 4 heteroatoms. The lowest BCUT2D eigenvalue weighted by atomic mass is 10.1. The molecule has 0 aromatic rings. The van der Waals surface area contributed by atoms with Gasteiger partial charge in [-0.1, -0.05) is 20.8 Å². The third kappa shape index (κ3) is 10.00. The first kappa shape index (κ1) is 18.5. The zero-order chi connectivity index (χ0) is 14.5. The first-order chi connectivity index (χ1) is 9.15. The summed E-state index contributed by atoms with van der Waals surface area (Å²) < 4.78 is 0. The van der Waals surface area contributed by atoms with Crippen LogP contribution >= 0.6 is 11.8 Å². The van der Waals surface area contributed by atoms with Gasteiger partial charge in [-0.25, -0.2) is 0 Å². The maximum atomic E-state index is 12.0. The van der Waals surface area contributed by atoms with Gasteiger partial charge in [-0.15, -0.1) is 0 Å². The number of thioether (sulfide) groups is 1. The van der Waals surface area contributed by atoms with Crippen molar-refractivity contribution in [2.75, 3.05) is 24.6 Å². The van der Waals surface area contributed by atoms with Crippen molar-refractivity contribution in [2.45, 2.75) is 59.3 Å². The molecule has 0 spiro atoms. The predicted molar refractivity (Wildman–Crippen MR) is 83.6 cm³/mol. The van der Waals surface area contributed by atoms with Crippen LogP contribution in [0.1, 0.15) is 59.3 Å². The Morgan fingerprint density at radius 3 is 2.11 bits per heavy atom.